The van der Waals surface area contributed by atoms with Crippen molar-refractivity contribution in [2.24, 2.45) is 0 Å². The fraction of sp³-hybridized carbons (Fsp3) is 0.263. The number of hydrogen-bond acceptors (Lipinski definition) is 2. The Labute approximate surface area is 147 Å². The van der Waals surface area contributed by atoms with Gasteiger partial charge in [0.2, 0.25) is 11.8 Å². The second kappa shape index (κ2) is 8.50. The molecule has 2 aromatic carbocycles. The third-order valence-corrected chi connectivity index (χ3v) is 4.28. The highest BCUT2D eigenvalue weighted by atomic mass is 35.5. The second-order valence-electron chi connectivity index (χ2n) is 5.57. The molecule has 0 unspecified atom stereocenters. The van der Waals surface area contributed by atoms with Crippen LogP contribution in [0.15, 0.2) is 54.6 Å². The van der Waals surface area contributed by atoms with Crippen LogP contribution in [0.1, 0.15) is 18.1 Å². The van der Waals surface area contributed by atoms with Crippen molar-refractivity contribution >= 4 is 23.4 Å². The lowest BCUT2D eigenvalue weighted by molar-refractivity contribution is -0.139. The van der Waals surface area contributed by atoms with E-state index >= 15 is 0 Å². The monoisotopic (exact) mass is 344 g/mol. The highest BCUT2D eigenvalue weighted by Crippen LogP contribution is 2.18. The van der Waals surface area contributed by atoms with Crippen molar-refractivity contribution in [2.45, 2.75) is 25.9 Å². The maximum atomic E-state index is 12.8. The Morgan fingerprint density at radius 2 is 1.71 bits per heavy atom. The fourth-order valence-corrected chi connectivity index (χ4v) is 2.68. The number of amides is 2. The van der Waals surface area contributed by atoms with Crippen molar-refractivity contribution in [3.05, 3.63) is 70.7 Å². The summed E-state index contributed by atoms with van der Waals surface area (Å²) in [7, 11) is 1.57. The van der Waals surface area contributed by atoms with Gasteiger partial charge in [-0.3, -0.25) is 9.59 Å². The molecule has 4 nitrogen and oxygen atoms in total. The molecule has 24 heavy (non-hydrogen) atoms. The van der Waals surface area contributed by atoms with E-state index in [1.165, 1.54) is 0 Å². The Hall–Kier alpha value is -2.33. The zero-order valence-corrected chi connectivity index (χ0v) is 14.6. The molecule has 0 bridgehead atoms. The van der Waals surface area contributed by atoms with Crippen LogP contribution in [0, 0.1) is 0 Å². The molecular formula is C19H21ClN2O2. The summed E-state index contributed by atoms with van der Waals surface area (Å²) in [5.41, 5.74) is 1.73. The van der Waals surface area contributed by atoms with E-state index < -0.39 is 6.04 Å². The van der Waals surface area contributed by atoms with Crippen LogP contribution < -0.4 is 5.32 Å². The van der Waals surface area contributed by atoms with Crippen molar-refractivity contribution in [1.82, 2.24) is 10.2 Å². The molecule has 1 atom stereocenters. The summed E-state index contributed by atoms with van der Waals surface area (Å²) in [6.45, 7) is 2.10. The van der Waals surface area contributed by atoms with Crippen LogP contribution >= 0.6 is 11.6 Å². The number of carbonyl (C=O) groups excluding carboxylic acids is 2. The van der Waals surface area contributed by atoms with Gasteiger partial charge in [0.15, 0.2) is 0 Å². The van der Waals surface area contributed by atoms with Gasteiger partial charge in [-0.1, -0.05) is 60.1 Å². The molecule has 0 aromatic heterocycles. The van der Waals surface area contributed by atoms with Crippen molar-refractivity contribution in [3.63, 3.8) is 0 Å². The van der Waals surface area contributed by atoms with Crippen LogP contribution in [0.3, 0.4) is 0 Å². The first-order valence-electron chi connectivity index (χ1n) is 7.81. The number of carbonyl (C=O) groups is 2. The highest BCUT2D eigenvalue weighted by Gasteiger charge is 2.25. The van der Waals surface area contributed by atoms with Crippen LogP contribution in [-0.2, 0) is 22.6 Å². The molecule has 0 aliphatic rings. The topological polar surface area (TPSA) is 49.4 Å². The average Bonchev–Trinajstić information content (AvgIpc) is 2.61. The van der Waals surface area contributed by atoms with E-state index in [9.17, 15) is 9.59 Å². The van der Waals surface area contributed by atoms with E-state index in [2.05, 4.69) is 5.32 Å². The summed E-state index contributed by atoms with van der Waals surface area (Å²) in [6, 6.07) is 16.3. The predicted molar refractivity (Wildman–Crippen MR) is 95.7 cm³/mol. The first-order chi connectivity index (χ1) is 11.5. The Kier molecular flexibility index (Phi) is 6.38. The van der Waals surface area contributed by atoms with Gasteiger partial charge >= 0.3 is 0 Å². The number of halogens is 1. The summed E-state index contributed by atoms with van der Waals surface area (Å²) < 4.78 is 0. The van der Waals surface area contributed by atoms with E-state index in [4.69, 9.17) is 11.6 Å². The van der Waals surface area contributed by atoms with Crippen LogP contribution in [0.25, 0.3) is 0 Å². The van der Waals surface area contributed by atoms with E-state index in [-0.39, 0.29) is 18.2 Å². The number of rotatable bonds is 6. The molecule has 0 aliphatic carbocycles. The van der Waals surface area contributed by atoms with Crippen molar-refractivity contribution < 1.29 is 9.59 Å². The number of nitrogens with zero attached hydrogens (tertiary/aromatic N) is 1. The first-order valence-corrected chi connectivity index (χ1v) is 8.19. The summed E-state index contributed by atoms with van der Waals surface area (Å²) in [4.78, 5) is 26.4. The minimum absolute atomic E-state index is 0.136. The average molecular weight is 345 g/mol. The third-order valence-electron chi connectivity index (χ3n) is 3.91. The molecule has 1 N–H and O–H groups in total. The van der Waals surface area contributed by atoms with Gasteiger partial charge in [-0.25, -0.2) is 0 Å². The molecule has 0 aliphatic heterocycles. The Bertz CT molecular complexity index is 704. The zero-order valence-electron chi connectivity index (χ0n) is 13.8. The van der Waals surface area contributed by atoms with E-state index in [0.717, 1.165) is 11.1 Å². The summed E-state index contributed by atoms with van der Waals surface area (Å²) in [5.74, 6) is -0.332. The summed E-state index contributed by atoms with van der Waals surface area (Å²) >= 11 is 6.15. The standard InChI is InChI=1S/C19H21ClN2O2/c1-14(19(24)21-2)22(13-15-8-4-3-5-9-15)18(23)12-16-10-6-7-11-17(16)20/h3-11,14H,12-13H2,1-2H3,(H,21,24)/t14-/m0/s1. The van der Waals surface area contributed by atoms with Gasteiger partial charge in [-0.2, -0.15) is 0 Å². The fourth-order valence-electron chi connectivity index (χ4n) is 2.48. The number of likely N-dealkylation sites (N-methyl/N-ethyl adjacent to an activating group) is 1. The summed E-state index contributed by atoms with van der Waals surface area (Å²) in [5, 5.41) is 3.16. The normalized spacial score (nSPS) is 11.6. The van der Waals surface area contributed by atoms with E-state index in [0.29, 0.717) is 11.6 Å². The van der Waals surface area contributed by atoms with Crippen molar-refractivity contribution in [2.75, 3.05) is 7.05 Å². The lowest BCUT2D eigenvalue weighted by atomic mass is 10.1. The second-order valence-corrected chi connectivity index (χ2v) is 5.97. The van der Waals surface area contributed by atoms with Gasteiger partial charge in [0.1, 0.15) is 6.04 Å². The van der Waals surface area contributed by atoms with Gasteiger partial charge in [0.05, 0.1) is 6.42 Å². The van der Waals surface area contributed by atoms with Gasteiger partial charge in [-0.05, 0) is 24.1 Å². The number of nitrogens with one attached hydrogen (secondary N) is 1. The molecule has 2 aromatic rings. The lowest BCUT2D eigenvalue weighted by Gasteiger charge is -2.28. The molecule has 5 heteroatoms. The minimum Gasteiger partial charge on any atom is -0.357 e. The van der Waals surface area contributed by atoms with Crippen LogP contribution in [0.2, 0.25) is 5.02 Å². The Morgan fingerprint density at radius 3 is 2.33 bits per heavy atom. The predicted octanol–water partition coefficient (Wildman–Crippen LogP) is 3.05. The minimum atomic E-state index is -0.565. The molecule has 0 spiro atoms. The lowest BCUT2D eigenvalue weighted by Crippen LogP contribution is -2.47. The molecule has 0 saturated carbocycles. The molecule has 2 rings (SSSR count). The molecule has 0 radical (unpaired) electrons. The number of benzene rings is 2. The van der Waals surface area contributed by atoms with Crippen LogP contribution in [0.5, 0.6) is 0 Å². The van der Waals surface area contributed by atoms with Gasteiger partial charge in [0.25, 0.3) is 0 Å². The molecule has 126 valence electrons. The van der Waals surface area contributed by atoms with Crippen molar-refractivity contribution in [1.29, 1.82) is 0 Å². The molecular weight excluding hydrogens is 324 g/mol. The maximum Gasteiger partial charge on any atom is 0.242 e. The van der Waals surface area contributed by atoms with Crippen LogP contribution in [-0.4, -0.2) is 29.8 Å². The number of hydrogen-bond donors (Lipinski definition) is 1. The van der Waals surface area contributed by atoms with Gasteiger partial charge in [-0.15, -0.1) is 0 Å². The highest BCUT2D eigenvalue weighted by molar-refractivity contribution is 6.31. The zero-order chi connectivity index (χ0) is 17.5. The maximum absolute atomic E-state index is 12.8. The quantitative estimate of drug-likeness (QED) is 0.875. The Balaban J connectivity index is 2.22. The molecule has 0 saturated heterocycles. The first kappa shape index (κ1) is 18.0. The molecule has 0 heterocycles. The smallest absolute Gasteiger partial charge is 0.242 e. The van der Waals surface area contributed by atoms with Gasteiger partial charge < -0.3 is 10.2 Å². The molecule has 2 amide bonds. The van der Waals surface area contributed by atoms with Gasteiger partial charge in [0, 0.05) is 18.6 Å². The van der Waals surface area contributed by atoms with Crippen LogP contribution in [0.4, 0.5) is 0 Å². The van der Waals surface area contributed by atoms with E-state index in [1.54, 1.807) is 24.9 Å². The third kappa shape index (κ3) is 4.59. The van der Waals surface area contributed by atoms with E-state index in [1.807, 2.05) is 48.5 Å². The summed E-state index contributed by atoms with van der Waals surface area (Å²) in [6.07, 6.45) is 0.161. The molecule has 0 fully saturated rings. The Morgan fingerprint density at radius 1 is 1.08 bits per heavy atom. The van der Waals surface area contributed by atoms with Crippen molar-refractivity contribution in [3.8, 4) is 0 Å². The largest absolute Gasteiger partial charge is 0.357 e. The SMILES string of the molecule is CNC(=O)[C@H](C)N(Cc1ccccc1)C(=O)Cc1ccccc1Cl.